The molecule has 3 rings (SSSR count). The van der Waals surface area contributed by atoms with Crippen molar-refractivity contribution in [3.63, 3.8) is 0 Å². The van der Waals surface area contributed by atoms with Crippen molar-refractivity contribution in [2.75, 3.05) is 0 Å². The Labute approximate surface area is 97.6 Å². The van der Waals surface area contributed by atoms with E-state index in [1.54, 1.807) is 17.5 Å². The second kappa shape index (κ2) is 3.68. The molecule has 0 amide bonds. The standard InChI is InChI=1S/C13H10N2S/c1-9-3-2-4-10(7-9)13-15-11-5-6-14-8-12(11)16-13/h2-8H,1H3. The Balaban J connectivity index is 2.19. The van der Waals surface area contributed by atoms with Gasteiger partial charge >= 0.3 is 0 Å². The van der Waals surface area contributed by atoms with E-state index >= 15 is 0 Å². The molecule has 1 aromatic carbocycles. The number of aryl methyl sites for hydroxylation is 1. The fourth-order valence-corrected chi connectivity index (χ4v) is 2.61. The van der Waals surface area contributed by atoms with Crippen molar-refractivity contribution in [3.05, 3.63) is 48.3 Å². The quantitative estimate of drug-likeness (QED) is 0.632. The fraction of sp³-hybridized carbons (Fsp3) is 0.0769. The molecule has 0 radical (unpaired) electrons. The van der Waals surface area contributed by atoms with Gasteiger partial charge in [0.05, 0.1) is 10.2 Å². The Hall–Kier alpha value is -1.74. The summed E-state index contributed by atoms with van der Waals surface area (Å²) in [5.74, 6) is 0. The summed E-state index contributed by atoms with van der Waals surface area (Å²) >= 11 is 1.69. The van der Waals surface area contributed by atoms with Gasteiger partial charge in [-0.15, -0.1) is 11.3 Å². The molecule has 0 N–H and O–H groups in total. The average molecular weight is 226 g/mol. The lowest BCUT2D eigenvalue weighted by Gasteiger charge is -1.96. The second-order valence-corrected chi connectivity index (χ2v) is 4.76. The maximum atomic E-state index is 4.60. The first-order valence-electron chi connectivity index (χ1n) is 5.10. The van der Waals surface area contributed by atoms with Crippen LogP contribution in [0.5, 0.6) is 0 Å². The van der Waals surface area contributed by atoms with Crippen LogP contribution in [0.3, 0.4) is 0 Å². The van der Waals surface area contributed by atoms with Crippen LogP contribution in [0.15, 0.2) is 42.7 Å². The Morgan fingerprint density at radius 1 is 1.19 bits per heavy atom. The normalized spacial score (nSPS) is 10.8. The maximum Gasteiger partial charge on any atom is 0.124 e. The minimum absolute atomic E-state index is 1.02. The van der Waals surface area contributed by atoms with Crippen LogP contribution in [0.4, 0.5) is 0 Å². The average Bonchev–Trinajstić information content (AvgIpc) is 2.72. The highest BCUT2D eigenvalue weighted by atomic mass is 32.1. The highest BCUT2D eigenvalue weighted by Gasteiger charge is 2.05. The first-order chi connectivity index (χ1) is 7.83. The SMILES string of the molecule is Cc1cccc(-c2nc3ccncc3s2)c1. The van der Waals surface area contributed by atoms with Gasteiger partial charge in [0.2, 0.25) is 0 Å². The molecule has 0 saturated heterocycles. The summed E-state index contributed by atoms with van der Waals surface area (Å²) in [5.41, 5.74) is 3.47. The lowest BCUT2D eigenvalue weighted by atomic mass is 10.1. The molecule has 78 valence electrons. The summed E-state index contributed by atoms with van der Waals surface area (Å²) in [7, 11) is 0. The van der Waals surface area contributed by atoms with E-state index < -0.39 is 0 Å². The van der Waals surface area contributed by atoms with E-state index in [1.807, 2.05) is 12.3 Å². The zero-order chi connectivity index (χ0) is 11.0. The number of aromatic nitrogens is 2. The first-order valence-corrected chi connectivity index (χ1v) is 5.92. The molecule has 0 fully saturated rings. The summed E-state index contributed by atoms with van der Waals surface area (Å²) < 4.78 is 1.14. The Morgan fingerprint density at radius 3 is 2.94 bits per heavy atom. The number of thiazole rings is 1. The Morgan fingerprint density at radius 2 is 2.12 bits per heavy atom. The molecule has 2 nitrogen and oxygen atoms in total. The molecule has 0 spiro atoms. The van der Waals surface area contributed by atoms with Crippen LogP contribution >= 0.6 is 11.3 Å². The molecule has 0 bridgehead atoms. The Kier molecular flexibility index (Phi) is 2.18. The lowest BCUT2D eigenvalue weighted by Crippen LogP contribution is -1.77. The lowest BCUT2D eigenvalue weighted by molar-refractivity contribution is 1.35. The minimum atomic E-state index is 1.02. The molecule has 0 unspecified atom stereocenters. The molecule has 0 aliphatic carbocycles. The topological polar surface area (TPSA) is 25.8 Å². The van der Waals surface area contributed by atoms with E-state index in [1.165, 1.54) is 11.1 Å². The first kappa shape index (κ1) is 9.48. The van der Waals surface area contributed by atoms with Crippen LogP contribution in [-0.4, -0.2) is 9.97 Å². The summed E-state index contributed by atoms with van der Waals surface area (Å²) in [6.07, 6.45) is 3.65. The van der Waals surface area contributed by atoms with Crippen molar-refractivity contribution >= 4 is 21.6 Å². The van der Waals surface area contributed by atoms with E-state index in [4.69, 9.17) is 0 Å². The molecule has 16 heavy (non-hydrogen) atoms. The fourth-order valence-electron chi connectivity index (χ4n) is 1.68. The van der Waals surface area contributed by atoms with Crippen molar-refractivity contribution in [1.82, 2.24) is 9.97 Å². The molecule has 0 atom stereocenters. The van der Waals surface area contributed by atoms with Crippen molar-refractivity contribution in [1.29, 1.82) is 0 Å². The summed E-state index contributed by atoms with van der Waals surface area (Å²) in [6, 6.07) is 10.4. The molecule has 0 saturated carbocycles. The highest BCUT2D eigenvalue weighted by Crippen LogP contribution is 2.29. The van der Waals surface area contributed by atoms with E-state index in [2.05, 4.69) is 41.2 Å². The number of hydrogen-bond acceptors (Lipinski definition) is 3. The predicted octanol–water partition coefficient (Wildman–Crippen LogP) is 3.67. The van der Waals surface area contributed by atoms with Gasteiger partial charge in [0.1, 0.15) is 5.01 Å². The zero-order valence-electron chi connectivity index (χ0n) is 8.84. The van der Waals surface area contributed by atoms with Crippen molar-refractivity contribution in [2.24, 2.45) is 0 Å². The van der Waals surface area contributed by atoms with Gasteiger partial charge in [-0.05, 0) is 19.1 Å². The zero-order valence-corrected chi connectivity index (χ0v) is 9.66. The summed E-state index contributed by atoms with van der Waals surface area (Å²) in [4.78, 5) is 8.71. The van der Waals surface area contributed by atoms with Gasteiger partial charge in [0.15, 0.2) is 0 Å². The number of fused-ring (bicyclic) bond motifs is 1. The molecule has 2 aromatic heterocycles. The molecule has 3 heteroatoms. The van der Waals surface area contributed by atoms with Gasteiger partial charge in [0, 0.05) is 18.0 Å². The molecular weight excluding hydrogens is 216 g/mol. The van der Waals surface area contributed by atoms with Gasteiger partial charge in [-0.25, -0.2) is 4.98 Å². The monoisotopic (exact) mass is 226 g/mol. The van der Waals surface area contributed by atoms with Crippen LogP contribution < -0.4 is 0 Å². The van der Waals surface area contributed by atoms with Crippen LogP contribution in [0.2, 0.25) is 0 Å². The van der Waals surface area contributed by atoms with E-state index in [0.29, 0.717) is 0 Å². The van der Waals surface area contributed by atoms with Crippen LogP contribution in [-0.2, 0) is 0 Å². The van der Waals surface area contributed by atoms with E-state index in [0.717, 1.165) is 15.2 Å². The number of hydrogen-bond donors (Lipinski definition) is 0. The van der Waals surface area contributed by atoms with Gasteiger partial charge in [-0.2, -0.15) is 0 Å². The van der Waals surface area contributed by atoms with Gasteiger partial charge < -0.3 is 0 Å². The predicted molar refractivity (Wildman–Crippen MR) is 67.6 cm³/mol. The molecule has 3 aromatic rings. The molecule has 0 aliphatic rings. The van der Waals surface area contributed by atoms with Crippen LogP contribution in [0.1, 0.15) is 5.56 Å². The second-order valence-electron chi connectivity index (χ2n) is 3.73. The van der Waals surface area contributed by atoms with Crippen molar-refractivity contribution in [3.8, 4) is 10.6 Å². The minimum Gasteiger partial charge on any atom is -0.263 e. The van der Waals surface area contributed by atoms with Crippen molar-refractivity contribution < 1.29 is 0 Å². The number of benzene rings is 1. The molecule has 2 heterocycles. The van der Waals surface area contributed by atoms with Crippen LogP contribution in [0.25, 0.3) is 20.8 Å². The number of rotatable bonds is 1. The maximum absolute atomic E-state index is 4.60. The largest absolute Gasteiger partial charge is 0.263 e. The third kappa shape index (κ3) is 1.59. The Bertz CT molecular complexity index is 610. The number of pyridine rings is 1. The van der Waals surface area contributed by atoms with Crippen molar-refractivity contribution in [2.45, 2.75) is 6.92 Å². The third-order valence-electron chi connectivity index (χ3n) is 2.46. The molecule has 0 aliphatic heterocycles. The number of nitrogens with zero attached hydrogens (tertiary/aromatic N) is 2. The van der Waals surface area contributed by atoms with Crippen LogP contribution in [0, 0.1) is 6.92 Å². The molecular formula is C13H10N2S. The summed E-state index contributed by atoms with van der Waals surface area (Å²) in [6.45, 7) is 2.10. The van der Waals surface area contributed by atoms with Gasteiger partial charge in [0.25, 0.3) is 0 Å². The smallest absolute Gasteiger partial charge is 0.124 e. The van der Waals surface area contributed by atoms with Gasteiger partial charge in [-0.1, -0.05) is 23.8 Å². The highest BCUT2D eigenvalue weighted by molar-refractivity contribution is 7.21. The van der Waals surface area contributed by atoms with E-state index in [-0.39, 0.29) is 0 Å². The van der Waals surface area contributed by atoms with Gasteiger partial charge in [-0.3, -0.25) is 4.98 Å². The summed E-state index contributed by atoms with van der Waals surface area (Å²) in [5, 5.41) is 1.06. The van der Waals surface area contributed by atoms with E-state index in [9.17, 15) is 0 Å². The third-order valence-corrected chi connectivity index (χ3v) is 3.51.